The second-order valence-electron chi connectivity index (χ2n) is 5.41. The molecule has 0 bridgehead atoms. The normalized spacial score (nSPS) is 22.9. The third-order valence-corrected chi connectivity index (χ3v) is 3.74. The van der Waals surface area contributed by atoms with E-state index < -0.39 is 0 Å². The average molecular weight is 271 g/mol. The number of rotatable bonds is 4. The topological polar surface area (TPSA) is 39.1 Å². The molecule has 1 saturated heterocycles. The molecule has 0 saturated carbocycles. The molecule has 20 heavy (non-hydrogen) atoms. The van der Waals surface area contributed by atoms with Crippen LogP contribution in [0.2, 0.25) is 0 Å². The van der Waals surface area contributed by atoms with Gasteiger partial charge in [0.1, 0.15) is 0 Å². The summed E-state index contributed by atoms with van der Waals surface area (Å²) in [6, 6.07) is 10.7. The minimum absolute atomic E-state index is 0.369. The Labute approximate surface area is 119 Å². The predicted octanol–water partition coefficient (Wildman–Crippen LogP) is 2.53. The number of para-hydroxylation sites is 1. The fourth-order valence-corrected chi connectivity index (χ4v) is 2.62. The van der Waals surface area contributed by atoms with Crippen LogP contribution in [0.3, 0.4) is 0 Å². The van der Waals surface area contributed by atoms with E-state index in [1.54, 1.807) is 0 Å². The van der Waals surface area contributed by atoms with Crippen molar-refractivity contribution >= 4 is 0 Å². The van der Waals surface area contributed by atoms with Crippen molar-refractivity contribution < 1.29 is 4.74 Å². The van der Waals surface area contributed by atoms with Gasteiger partial charge in [-0.05, 0) is 31.9 Å². The molecular formula is C16H21N3O. The maximum Gasteiger partial charge on any atom is 0.0645 e. The highest BCUT2D eigenvalue weighted by Gasteiger charge is 2.18. The van der Waals surface area contributed by atoms with Crippen molar-refractivity contribution in [3.8, 4) is 5.69 Å². The minimum atomic E-state index is 0.369. The van der Waals surface area contributed by atoms with Crippen LogP contribution in [-0.4, -0.2) is 28.5 Å². The van der Waals surface area contributed by atoms with Crippen molar-refractivity contribution in [3.63, 3.8) is 0 Å². The molecule has 2 heterocycles. The van der Waals surface area contributed by atoms with Crippen molar-refractivity contribution in [2.75, 3.05) is 6.61 Å². The molecule has 1 aromatic heterocycles. The molecule has 4 nitrogen and oxygen atoms in total. The van der Waals surface area contributed by atoms with Gasteiger partial charge in [-0.15, -0.1) is 0 Å². The number of hydrogen-bond donors (Lipinski definition) is 1. The van der Waals surface area contributed by atoms with Gasteiger partial charge in [-0.3, -0.25) is 0 Å². The lowest BCUT2D eigenvalue weighted by Gasteiger charge is -2.27. The van der Waals surface area contributed by atoms with Crippen molar-refractivity contribution in [2.45, 2.75) is 38.5 Å². The summed E-state index contributed by atoms with van der Waals surface area (Å²) >= 11 is 0. The van der Waals surface area contributed by atoms with Crippen LogP contribution in [0.25, 0.3) is 5.69 Å². The molecule has 106 valence electrons. The van der Waals surface area contributed by atoms with E-state index in [9.17, 15) is 0 Å². The molecule has 1 fully saturated rings. The lowest BCUT2D eigenvalue weighted by atomic mass is 10.0. The summed E-state index contributed by atoms with van der Waals surface area (Å²) < 4.78 is 7.49. The quantitative estimate of drug-likeness (QED) is 0.928. The maximum atomic E-state index is 5.57. The Balaban J connectivity index is 1.58. The first-order valence-corrected chi connectivity index (χ1v) is 7.25. The molecule has 0 radical (unpaired) electrons. The molecule has 2 aromatic rings. The summed E-state index contributed by atoms with van der Waals surface area (Å²) in [7, 11) is 0. The minimum Gasteiger partial charge on any atom is -0.378 e. The smallest absolute Gasteiger partial charge is 0.0645 e. The van der Waals surface area contributed by atoms with Gasteiger partial charge in [0, 0.05) is 31.0 Å². The largest absolute Gasteiger partial charge is 0.378 e. The summed E-state index contributed by atoms with van der Waals surface area (Å²) in [4.78, 5) is 0. The number of nitrogens with zero attached hydrogens (tertiary/aromatic N) is 2. The Morgan fingerprint density at radius 3 is 3.00 bits per heavy atom. The summed E-state index contributed by atoms with van der Waals surface area (Å²) in [6.45, 7) is 3.87. The van der Waals surface area contributed by atoms with Gasteiger partial charge in [0.2, 0.25) is 0 Å². The molecule has 1 aliphatic heterocycles. The SMILES string of the molecule is CC1CC(NCc2cnn(-c3ccccc3)c2)CCO1. The zero-order valence-electron chi connectivity index (χ0n) is 11.8. The van der Waals surface area contributed by atoms with E-state index in [1.165, 1.54) is 5.56 Å². The summed E-state index contributed by atoms with van der Waals surface area (Å²) in [5.74, 6) is 0. The molecule has 0 spiro atoms. The summed E-state index contributed by atoms with van der Waals surface area (Å²) in [5.41, 5.74) is 2.31. The van der Waals surface area contributed by atoms with Crippen molar-refractivity contribution in [3.05, 3.63) is 48.3 Å². The van der Waals surface area contributed by atoms with Gasteiger partial charge in [-0.1, -0.05) is 18.2 Å². The molecule has 1 aromatic carbocycles. The van der Waals surface area contributed by atoms with E-state index in [0.29, 0.717) is 12.1 Å². The first-order valence-electron chi connectivity index (χ1n) is 7.25. The fourth-order valence-electron chi connectivity index (χ4n) is 2.62. The molecule has 0 aliphatic carbocycles. The Hall–Kier alpha value is -1.65. The Kier molecular flexibility index (Phi) is 4.14. The van der Waals surface area contributed by atoms with Gasteiger partial charge >= 0.3 is 0 Å². The number of hydrogen-bond acceptors (Lipinski definition) is 3. The van der Waals surface area contributed by atoms with E-state index in [-0.39, 0.29) is 0 Å². The predicted molar refractivity (Wildman–Crippen MR) is 78.8 cm³/mol. The highest BCUT2D eigenvalue weighted by molar-refractivity contribution is 5.30. The lowest BCUT2D eigenvalue weighted by Crippen LogP contribution is -2.37. The first kappa shape index (κ1) is 13.3. The van der Waals surface area contributed by atoms with Crippen LogP contribution < -0.4 is 5.32 Å². The molecular weight excluding hydrogens is 250 g/mol. The molecule has 2 unspecified atom stereocenters. The summed E-state index contributed by atoms with van der Waals surface area (Å²) in [6.07, 6.45) is 6.57. The van der Waals surface area contributed by atoms with Crippen molar-refractivity contribution in [2.24, 2.45) is 0 Å². The number of ether oxygens (including phenoxy) is 1. The second kappa shape index (κ2) is 6.20. The summed E-state index contributed by atoms with van der Waals surface area (Å²) in [5, 5.41) is 8.02. The zero-order valence-corrected chi connectivity index (χ0v) is 11.8. The van der Waals surface area contributed by atoms with Crippen molar-refractivity contribution in [1.82, 2.24) is 15.1 Å². The lowest BCUT2D eigenvalue weighted by molar-refractivity contribution is 0.0130. The van der Waals surface area contributed by atoms with Crippen LogP contribution in [0.4, 0.5) is 0 Å². The van der Waals surface area contributed by atoms with E-state index in [0.717, 1.165) is 31.7 Å². The Morgan fingerprint density at radius 1 is 1.35 bits per heavy atom. The van der Waals surface area contributed by atoms with Crippen LogP contribution in [0.1, 0.15) is 25.3 Å². The fraction of sp³-hybridized carbons (Fsp3) is 0.438. The molecule has 3 rings (SSSR count). The van der Waals surface area contributed by atoms with Gasteiger partial charge in [0.05, 0.1) is 18.0 Å². The highest BCUT2D eigenvalue weighted by Crippen LogP contribution is 2.14. The third kappa shape index (κ3) is 3.26. The monoisotopic (exact) mass is 271 g/mol. The number of aromatic nitrogens is 2. The van der Waals surface area contributed by atoms with Gasteiger partial charge < -0.3 is 10.1 Å². The van der Waals surface area contributed by atoms with Gasteiger partial charge in [-0.2, -0.15) is 5.10 Å². The van der Waals surface area contributed by atoms with Crippen LogP contribution in [0.15, 0.2) is 42.7 Å². The third-order valence-electron chi connectivity index (χ3n) is 3.74. The molecule has 4 heteroatoms. The van der Waals surface area contributed by atoms with E-state index >= 15 is 0 Å². The first-order chi connectivity index (χ1) is 9.81. The van der Waals surface area contributed by atoms with Crippen molar-refractivity contribution in [1.29, 1.82) is 0 Å². The Morgan fingerprint density at radius 2 is 2.20 bits per heavy atom. The van der Waals surface area contributed by atoms with Gasteiger partial charge in [-0.25, -0.2) is 4.68 Å². The van der Waals surface area contributed by atoms with Crippen LogP contribution in [0, 0.1) is 0 Å². The standard InChI is InChI=1S/C16H21N3O/c1-13-9-15(7-8-20-13)17-10-14-11-18-19(12-14)16-5-3-2-4-6-16/h2-6,11-13,15,17H,7-10H2,1H3. The van der Waals surface area contributed by atoms with E-state index in [4.69, 9.17) is 4.74 Å². The second-order valence-corrected chi connectivity index (χ2v) is 5.41. The van der Waals surface area contributed by atoms with Gasteiger partial charge in [0.15, 0.2) is 0 Å². The zero-order chi connectivity index (χ0) is 13.8. The van der Waals surface area contributed by atoms with E-state index in [1.807, 2.05) is 29.1 Å². The van der Waals surface area contributed by atoms with Crippen LogP contribution in [0.5, 0.6) is 0 Å². The average Bonchev–Trinajstić information content (AvgIpc) is 2.95. The molecule has 1 N–H and O–H groups in total. The number of nitrogens with one attached hydrogen (secondary N) is 1. The van der Waals surface area contributed by atoms with Crippen LogP contribution in [-0.2, 0) is 11.3 Å². The maximum absolute atomic E-state index is 5.57. The van der Waals surface area contributed by atoms with E-state index in [2.05, 4.69) is 35.7 Å². The number of benzene rings is 1. The Bertz CT molecular complexity index is 538. The van der Waals surface area contributed by atoms with Crippen LogP contribution >= 0.6 is 0 Å². The van der Waals surface area contributed by atoms with Gasteiger partial charge in [0.25, 0.3) is 0 Å². The molecule has 0 amide bonds. The highest BCUT2D eigenvalue weighted by atomic mass is 16.5. The molecule has 2 atom stereocenters. The molecule has 1 aliphatic rings.